The van der Waals surface area contributed by atoms with Crippen LogP contribution >= 0.6 is 11.8 Å². The van der Waals surface area contributed by atoms with Gasteiger partial charge in [-0.15, -0.1) is 0 Å². The highest BCUT2D eigenvalue weighted by atomic mass is 32.2. The molecule has 0 aromatic heterocycles. The van der Waals surface area contributed by atoms with Gasteiger partial charge in [-0.05, 0) is 0 Å². The fourth-order valence-electron chi connectivity index (χ4n) is 2.91. The maximum atomic E-state index is 6.07. The minimum atomic E-state index is 0.310. The van der Waals surface area contributed by atoms with E-state index in [4.69, 9.17) is 4.74 Å². The monoisotopic (exact) mass is 272 g/mol. The molecular formula is C12H24N4OS. The van der Waals surface area contributed by atoms with Crippen molar-refractivity contribution in [3.8, 4) is 0 Å². The first kappa shape index (κ1) is 13.1. The quantitative estimate of drug-likeness (QED) is 0.497. The molecule has 4 unspecified atom stereocenters. The lowest BCUT2D eigenvalue weighted by molar-refractivity contribution is -0.0244. The molecule has 0 radical (unpaired) electrons. The van der Waals surface area contributed by atoms with Crippen molar-refractivity contribution in [2.24, 2.45) is 0 Å². The summed E-state index contributed by atoms with van der Waals surface area (Å²) in [6.45, 7) is 6.07. The predicted octanol–water partition coefficient (Wildman–Crippen LogP) is -1.39. The molecule has 4 N–H and O–H groups in total. The molecule has 3 rings (SSSR count). The molecule has 3 fully saturated rings. The summed E-state index contributed by atoms with van der Waals surface area (Å²) >= 11 is 2.05. The number of rotatable bonds is 2. The van der Waals surface area contributed by atoms with Crippen LogP contribution in [0, 0.1) is 0 Å². The SMILES string of the molecule is C1CNC(C2CNC(C3CSCCN3)CO2)CN1. The highest BCUT2D eigenvalue weighted by Crippen LogP contribution is 2.15. The number of piperazine rings is 1. The van der Waals surface area contributed by atoms with Gasteiger partial charge in [-0.3, -0.25) is 0 Å². The van der Waals surface area contributed by atoms with Crippen LogP contribution in [-0.4, -0.2) is 75.1 Å². The Kier molecular flexibility index (Phi) is 4.78. The second-order valence-electron chi connectivity index (χ2n) is 5.29. The van der Waals surface area contributed by atoms with Crippen LogP contribution in [0.3, 0.4) is 0 Å². The molecule has 3 saturated heterocycles. The Balaban J connectivity index is 1.45. The van der Waals surface area contributed by atoms with Crippen LogP contribution in [0.25, 0.3) is 0 Å². The van der Waals surface area contributed by atoms with Gasteiger partial charge in [0, 0.05) is 62.4 Å². The Morgan fingerprint density at radius 2 is 1.83 bits per heavy atom. The van der Waals surface area contributed by atoms with Gasteiger partial charge in [-0.25, -0.2) is 0 Å². The molecule has 5 nitrogen and oxygen atoms in total. The van der Waals surface area contributed by atoms with Crippen LogP contribution in [0.4, 0.5) is 0 Å². The summed E-state index contributed by atoms with van der Waals surface area (Å²) in [4.78, 5) is 0. The maximum absolute atomic E-state index is 6.07. The molecule has 0 saturated carbocycles. The van der Waals surface area contributed by atoms with Crippen LogP contribution < -0.4 is 21.3 Å². The highest BCUT2D eigenvalue weighted by molar-refractivity contribution is 7.99. The molecule has 0 aromatic carbocycles. The lowest BCUT2D eigenvalue weighted by Gasteiger charge is -2.40. The van der Waals surface area contributed by atoms with Crippen molar-refractivity contribution in [1.29, 1.82) is 0 Å². The second kappa shape index (κ2) is 6.54. The summed E-state index contributed by atoms with van der Waals surface area (Å²) in [7, 11) is 0. The zero-order valence-electron chi connectivity index (χ0n) is 10.8. The van der Waals surface area contributed by atoms with E-state index in [-0.39, 0.29) is 0 Å². The van der Waals surface area contributed by atoms with Crippen LogP contribution in [-0.2, 0) is 4.74 Å². The maximum Gasteiger partial charge on any atom is 0.0865 e. The Bertz CT molecular complexity index is 222. The molecule has 3 aliphatic heterocycles. The minimum absolute atomic E-state index is 0.310. The smallest absolute Gasteiger partial charge is 0.0865 e. The van der Waals surface area contributed by atoms with Crippen molar-refractivity contribution >= 4 is 11.8 Å². The van der Waals surface area contributed by atoms with Crippen molar-refractivity contribution in [1.82, 2.24) is 21.3 Å². The standard InChI is InChI=1S/C12H24N4OS/c1-2-14-9(5-13-1)12-6-16-10(7-17-12)11-8-18-4-3-15-11/h9-16H,1-8H2. The Hall–Kier alpha value is 0.150. The normalized spacial score (nSPS) is 42.7. The second-order valence-corrected chi connectivity index (χ2v) is 6.44. The van der Waals surface area contributed by atoms with Crippen LogP contribution in [0.2, 0.25) is 0 Å². The zero-order chi connectivity index (χ0) is 12.2. The Labute approximate surface area is 113 Å². The third kappa shape index (κ3) is 3.18. The van der Waals surface area contributed by atoms with Crippen LogP contribution in [0.5, 0.6) is 0 Å². The van der Waals surface area contributed by atoms with E-state index in [1.807, 2.05) is 11.8 Å². The van der Waals surface area contributed by atoms with Gasteiger partial charge in [0.25, 0.3) is 0 Å². The summed E-state index contributed by atoms with van der Waals surface area (Å²) in [5.41, 5.74) is 0. The molecule has 0 aliphatic carbocycles. The van der Waals surface area contributed by atoms with Gasteiger partial charge in [-0.1, -0.05) is 0 Å². The van der Waals surface area contributed by atoms with Gasteiger partial charge < -0.3 is 26.0 Å². The van der Waals surface area contributed by atoms with E-state index in [0.717, 1.165) is 39.3 Å². The molecule has 6 heteroatoms. The van der Waals surface area contributed by atoms with Gasteiger partial charge >= 0.3 is 0 Å². The molecule has 3 aliphatic rings. The van der Waals surface area contributed by atoms with Crippen molar-refractivity contribution in [3.63, 3.8) is 0 Å². The van der Waals surface area contributed by atoms with E-state index >= 15 is 0 Å². The van der Waals surface area contributed by atoms with Crippen LogP contribution in [0.1, 0.15) is 0 Å². The fraction of sp³-hybridized carbons (Fsp3) is 1.00. The number of thioether (sulfide) groups is 1. The average Bonchev–Trinajstić information content (AvgIpc) is 2.49. The molecule has 4 atom stereocenters. The van der Waals surface area contributed by atoms with Gasteiger partial charge in [0.05, 0.1) is 12.7 Å². The first-order chi connectivity index (χ1) is 8.93. The van der Waals surface area contributed by atoms with E-state index in [1.165, 1.54) is 11.5 Å². The average molecular weight is 272 g/mol. The number of hydrogen-bond acceptors (Lipinski definition) is 6. The van der Waals surface area contributed by atoms with Gasteiger partial charge in [0.2, 0.25) is 0 Å². The summed E-state index contributed by atoms with van der Waals surface area (Å²) in [6, 6.07) is 1.51. The molecule has 3 heterocycles. The third-order valence-electron chi connectivity index (χ3n) is 4.03. The molecule has 18 heavy (non-hydrogen) atoms. The minimum Gasteiger partial charge on any atom is -0.374 e. The number of morpholine rings is 1. The lowest BCUT2D eigenvalue weighted by atomic mass is 10.0. The summed E-state index contributed by atoms with van der Waals surface area (Å²) in [6.07, 6.45) is 0.310. The molecule has 0 bridgehead atoms. The van der Waals surface area contributed by atoms with E-state index in [0.29, 0.717) is 24.2 Å². The molecular weight excluding hydrogens is 248 g/mol. The first-order valence-electron chi connectivity index (χ1n) is 7.04. The summed E-state index contributed by atoms with van der Waals surface area (Å²) in [5, 5.41) is 14.2. The van der Waals surface area contributed by atoms with Crippen molar-refractivity contribution < 1.29 is 4.74 Å². The zero-order valence-corrected chi connectivity index (χ0v) is 11.6. The van der Waals surface area contributed by atoms with E-state index in [9.17, 15) is 0 Å². The molecule has 104 valence electrons. The van der Waals surface area contributed by atoms with E-state index in [2.05, 4.69) is 21.3 Å². The first-order valence-corrected chi connectivity index (χ1v) is 8.19. The van der Waals surface area contributed by atoms with Crippen molar-refractivity contribution in [3.05, 3.63) is 0 Å². The van der Waals surface area contributed by atoms with Gasteiger partial charge in [0.15, 0.2) is 0 Å². The molecule has 0 amide bonds. The largest absolute Gasteiger partial charge is 0.374 e. The van der Waals surface area contributed by atoms with Crippen LogP contribution in [0.15, 0.2) is 0 Å². The molecule has 0 aromatic rings. The molecule has 0 spiro atoms. The Morgan fingerprint density at radius 1 is 0.889 bits per heavy atom. The summed E-state index contributed by atoms with van der Waals surface area (Å²) in [5.74, 6) is 2.44. The van der Waals surface area contributed by atoms with E-state index in [1.54, 1.807) is 0 Å². The fourth-order valence-corrected chi connectivity index (χ4v) is 3.95. The van der Waals surface area contributed by atoms with Crippen molar-refractivity contribution in [2.75, 3.05) is 50.8 Å². The third-order valence-corrected chi connectivity index (χ3v) is 5.12. The summed E-state index contributed by atoms with van der Waals surface area (Å²) < 4.78 is 6.07. The number of hydrogen-bond donors (Lipinski definition) is 4. The topological polar surface area (TPSA) is 57.3 Å². The Morgan fingerprint density at radius 3 is 2.50 bits per heavy atom. The number of nitrogens with one attached hydrogen (secondary N) is 4. The van der Waals surface area contributed by atoms with Crippen molar-refractivity contribution in [2.45, 2.75) is 24.2 Å². The van der Waals surface area contributed by atoms with Gasteiger partial charge in [-0.2, -0.15) is 11.8 Å². The number of ether oxygens (including phenoxy) is 1. The van der Waals surface area contributed by atoms with Gasteiger partial charge in [0.1, 0.15) is 0 Å². The highest BCUT2D eigenvalue weighted by Gasteiger charge is 2.32. The van der Waals surface area contributed by atoms with E-state index < -0.39 is 0 Å². The lowest BCUT2D eigenvalue weighted by Crippen LogP contribution is -2.64. The predicted molar refractivity (Wildman–Crippen MR) is 75.3 cm³/mol.